The van der Waals surface area contributed by atoms with E-state index in [1.807, 2.05) is 19.9 Å². The Hall–Kier alpha value is -2.47. The Balaban J connectivity index is 1.79. The van der Waals surface area contributed by atoms with Gasteiger partial charge in [0.25, 0.3) is 5.91 Å². The zero-order valence-electron chi connectivity index (χ0n) is 14.2. The highest BCUT2D eigenvalue weighted by Crippen LogP contribution is 2.32. The van der Waals surface area contributed by atoms with E-state index in [0.717, 1.165) is 10.2 Å². The van der Waals surface area contributed by atoms with Crippen molar-refractivity contribution in [3.8, 4) is 16.3 Å². The van der Waals surface area contributed by atoms with Crippen molar-refractivity contribution in [3.05, 3.63) is 48.3 Å². The summed E-state index contributed by atoms with van der Waals surface area (Å²) in [5, 5.41) is 0.633. The molecule has 3 rings (SSSR count). The van der Waals surface area contributed by atoms with Crippen LogP contribution in [-0.4, -0.2) is 35.5 Å². The van der Waals surface area contributed by atoms with E-state index in [2.05, 4.69) is 4.98 Å². The highest BCUT2D eigenvalue weighted by Gasteiger charge is 2.13. The van der Waals surface area contributed by atoms with Crippen LogP contribution in [0.4, 0.5) is 4.39 Å². The van der Waals surface area contributed by atoms with E-state index in [1.165, 1.54) is 17.4 Å². The Bertz CT molecular complexity index is 890. The fourth-order valence-corrected chi connectivity index (χ4v) is 3.44. The third-order valence-electron chi connectivity index (χ3n) is 3.95. The second-order valence-electron chi connectivity index (χ2n) is 5.48. The predicted molar refractivity (Wildman–Crippen MR) is 98.4 cm³/mol. The van der Waals surface area contributed by atoms with Crippen LogP contribution in [0.3, 0.4) is 0 Å². The van der Waals surface area contributed by atoms with Gasteiger partial charge in [0, 0.05) is 24.7 Å². The van der Waals surface area contributed by atoms with Crippen LogP contribution in [0.1, 0.15) is 13.8 Å². The number of carbonyl (C=O) groups is 1. The largest absolute Gasteiger partial charge is 0.474 e. The van der Waals surface area contributed by atoms with Gasteiger partial charge in [-0.05, 0) is 38.1 Å². The van der Waals surface area contributed by atoms with E-state index in [-0.39, 0.29) is 18.3 Å². The minimum absolute atomic E-state index is 0.00860. The normalized spacial score (nSPS) is 10.8. The number of benzene rings is 1. The van der Waals surface area contributed by atoms with Crippen molar-refractivity contribution in [1.82, 2.24) is 9.88 Å². The van der Waals surface area contributed by atoms with Crippen LogP contribution in [0.25, 0.3) is 21.5 Å². The maximum Gasteiger partial charge on any atom is 0.260 e. The van der Waals surface area contributed by atoms with E-state index < -0.39 is 0 Å². The third kappa shape index (κ3) is 3.79. The van der Waals surface area contributed by atoms with E-state index in [1.54, 1.807) is 35.2 Å². The van der Waals surface area contributed by atoms with Crippen molar-refractivity contribution in [2.24, 2.45) is 0 Å². The summed E-state index contributed by atoms with van der Waals surface area (Å²) in [7, 11) is 0. The highest BCUT2D eigenvalue weighted by atomic mass is 32.1. The van der Waals surface area contributed by atoms with Crippen LogP contribution < -0.4 is 4.74 Å². The molecule has 1 amide bonds. The van der Waals surface area contributed by atoms with Gasteiger partial charge in [-0.15, -0.1) is 0 Å². The second-order valence-corrected chi connectivity index (χ2v) is 6.53. The summed E-state index contributed by atoms with van der Waals surface area (Å²) in [6, 6.07) is 12.0. The molecule has 0 spiro atoms. The monoisotopic (exact) mass is 358 g/mol. The third-order valence-corrected chi connectivity index (χ3v) is 4.96. The molecule has 6 heteroatoms. The predicted octanol–water partition coefficient (Wildman–Crippen LogP) is 4.35. The Labute approximate surface area is 149 Å². The summed E-state index contributed by atoms with van der Waals surface area (Å²) in [5.74, 6) is -0.340. The molecule has 2 heterocycles. The van der Waals surface area contributed by atoms with E-state index in [0.29, 0.717) is 29.4 Å². The Kier molecular flexibility index (Phi) is 5.28. The van der Waals surface area contributed by atoms with Gasteiger partial charge < -0.3 is 9.64 Å². The van der Waals surface area contributed by atoms with Gasteiger partial charge in [0.15, 0.2) is 11.7 Å². The van der Waals surface area contributed by atoms with E-state index in [4.69, 9.17) is 4.74 Å². The SMILES string of the molecule is CCN(CC)C(=O)COc1cc2nc(-c3ccccc3F)ccc2s1. The number of nitrogens with zero attached hydrogens (tertiary/aromatic N) is 2. The zero-order valence-corrected chi connectivity index (χ0v) is 15.0. The minimum atomic E-state index is -0.300. The zero-order chi connectivity index (χ0) is 17.8. The molecule has 3 aromatic rings. The first kappa shape index (κ1) is 17.4. The molecule has 2 aromatic heterocycles. The molecule has 0 unspecified atom stereocenters. The Morgan fingerprint density at radius 1 is 1.20 bits per heavy atom. The summed E-state index contributed by atoms with van der Waals surface area (Å²) in [6.07, 6.45) is 0. The molecule has 4 nitrogen and oxygen atoms in total. The summed E-state index contributed by atoms with van der Waals surface area (Å²) < 4.78 is 20.5. The van der Waals surface area contributed by atoms with Crippen LogP contribution in [0.2, 0.25) is 0 Å². The lowest BCUT2D eigenvalue weighted by atomic mass is 10.1. The van der Waals surface area contributed by atoms with Gasteiger partial charge in [-0.2, -0.15) is 0 Å². The second kappa shape index (κ2) is 7.61. The standard InChI is InChI=1S/C19H19FN2O2S/c1-3-22(4-2)18(23)12-24-19-11-16-17(25-19)10-9-15(21-16)13-7-5-6-8-14(13)20/h5-11H,3-4,12H2,1-2H3. The summed E-state index contributed by atoms with van der Waals surface area (Å²) in [4.78, 5) is 18.3. The number of ether oxygens (including phenoxy) is 1. The Morgan fingerprint density at radius 3 is 2.68 bits per heavy atom. The molecule has 0 aliphatic rings. The molecule has 0 bridgehead atoms. The van der Waals surface area contributed by atoms with Gasteiger partial charge in [-0.3, -0.25) is 4.79 Å². The summed E-state index contributed by atoms with van der Waals surface area (Å²) in [6.45, 7) is 5.22. The molecule has 25 heavy (non-hydrogen) atoms. The minimum Gasteiger partial charge on any atom is -0.474 e. The van der Waals surface area contributed by atoms with Crippen molar-refractivity contribution in [2.75, 3.05) is 19.7 Å². The smallest absolute Gasteiger partial charge is 0.260 e. The number of amides is 1. The molecule has 0 radical (unpaired) electrons. The molecule has 0 atom stereocenters. The molecule has 0 aliphatic heterocycles. The van der Waals surface area contributed by atoms with Crippen LogP contribution in [0, 0.1) is 5.82 Å². The number of thiophene rings is 1. The number of fused-ring (bicyclic) bond motifs is 1. The van der Waals surface area contributed by atoms with Crippen molar-refractivity contribution < 1.29 is 13.9 Å². The van der Waals surface area contributed by atoms with Gasteiger partial charge >= 0.3 is 0 Å². The number of hydrogen-bond donors (Lipinski definition) is 0. The average Bonchev–Trinajstić information content (AvgIpc) is 3.03. The van der Waals surface area contributed by atoms with Crippen LogP contribution in [0.15, 0.2) is 42.5 Å². The molecular formula is C19H19FN2O2S. The molecule has 0 saturated carbocycles. The fraction of sp³-hybridized carbons (Fsp3) is 0.263. The maximum atomic E-state index is 13.9. The van der Waals surface area contributed by atoms with E-state index >= 15 is 0 Å². The van der Waals surface area contributed by atoms with Gasteiger partial charge in [0.05, 0.1) is 15.9 Å². The maximum absolute atomic E-state index is 13.9. The van der Waals surface area contributed by atoms with Gasteiger partial charge in [-0.25, -0.2) is 9.37 Å². The van der Waals surface area contributed by atoms with Crippen molar-refractivity contribution >= 4 is 27.5 Å². The van der Waals surface area contributed by atoms with E-state index in [9.17, 15) is 9.18 Å². The first-order valence-electron chi connectivity index (χ1n) is 8.18. The fourth-order valence-electron chi connectivity index (χ4n) is 2.59. The molecule has 0 saturated heterocycles. The van der Waals surface area contributed by atoms with Crippen molar-refractivity contribution in [2.45, 2.75) is 13.8 Å². The van der Waals surface area contributed by atoms with Crippen molar-refractivity contribution in [1.29, 1.82) is 0 Å². The molecule has 1 aromatic carbocycles. The van der Waals surface area contributed by atoms with Crippen LogP contribution >= 0.6 is 11.3 Å². The number of halogens is 1. The first-order valence-corrected chi connectivity index (χ1v) is 9.00. The molecule has 0 fully saturated rings. The summed E-state index contributed by atoms with van der Waals surface area (Å²) in [5.41, 5.74) is 1.78. The number of pyridine rings is 1. The summed E-state index contributed by atoms with van der Waals surface area (Å²) >= 11 is 1.43. The van der Waals surface area contributed by atoms with Crippen molar-refractivity contribution in [3.63, 3.8) is 0 Å². The Morgan fingerprint density at radius 2 is 1.96 bits per heavy atom. The van der Waals surface area contributed by atoms with Crippen LogP contribution in [0.5, 0.6) is 5.06 Å². The molecule has 0 aliphatic carbocycles. The topological polar surface area (TPSA) is 42.4 Å². The lowest BCUT2D eigenvalue weighted by Crippen LogP contribution is -2.34. The molecular weight excluding hydrogens is 339 g/mol. The lowest BCUT2D eigenvalue weighted by molar-refractivity contribution is -0.132. The molecule has 130 valence electrons. The number of hydrogen-bond acceptors (Lipinski definition) is 4. The lowest BCUT2D eigenvalue weighted by Gasteiger charge is -2.18. The number of carbonyl (C=O) groups excluding carboxylic acids is 1. The average molecular weight is 358 g/mol. The highest BCUT2D eigenvalue weighted by molar-refractivity contribution is 7.20. The molecule has 0 N–H and O–H groups in total. The van der Waals surface area contributed by atoms with Gasteiger partial charge in [0.1, 0.15) is 5.82 Å². The van der Waals surface area contributed by atoms with Crippen LogP contribution in [-0.2, 0) is 4.79 Å². The van der Waals surface area contributed by atoms with Gasteiger partial charge in [0.2, 0.25) is 0 Å². The number of likely N-dealkylation sites (N-methyl/N-ethyl adjacent to an activating group) is 1. The van der Waals surface area contributed by atoms with Gasteiger partial charge in [-0.1, -0.05) is 23.5 Å². The number of rotatable bonds is 6. The first-order chi connectivity index (χ1) is 12.1. The number of aromatic nitrogens is 1. The quantitative estimate of drug-likeness (QED) is 0.658.